The van der Waals surface area contributed by atoms with Crippen LogP contribution in [0.15, 0.2) is 4.99 Å². The third kappa shape index (κ3) is 5.82. The van der Waals surface area contributed by atoms with Gasteiger partial charge in [-0.1, -0.05) is 19.3 Å². The first-order valence-electron chi connectivity index (χ1n) is 12.0. The normalized spacial score (nSPS) is 26.4. The number of guanidine groups is 1. The molecule has 4 fully saturated rings. The van der Waals surface area contributed by atoms with Crippen LogP contribution in [0.1, 0.15) is 44.9 Å². The molecule has 0 radical (unpaired) electrons. The van der Waals surface area contributed by atoms with Crippen molar-refractivity contribution in [2.75, 3.05) is 70.9 Å². The van der Waals surface area contributed by atoms with Crippen molar-refractivity contribution in [2.24, 2.45) is 4.99 Å². The monoisotopic (exact) mass is 436 g/mol. The maximum absolute atomic E-state index is 12.1. The molecule has 0 aromatic carbocycles. The third-order valence-electron chi connectivity index (χ3n) is 7.24. The van der Waals surface area contributed by atoms with Gasteiger partial charge in [0.25, 0.3) is 0 Å². The Labute approximate surface area is 186 Å². The van der Waals surface area contributed by atoms with Gasteiger partial charge in [-0.25, -0.2) is 0 Å². The van der Waals surface area contributed by atoms with E-state index >= 15 is 0 Å². The highest BCUT2D eigenvalue weighted by molar-refractivity contribution is 7.99. The van der Waals surface area contributed by atoms with Crippen molar-refractivity contribution < 1.29 is 4.79 Å². The first-order valence-corrected chi connectivity index (χ1v) is 13.1. The summed E-state index contributed by atoms with van der Waals surface area (Å²) in [6, 6.07) is 0.451. The van der Waals surface area contributed by atoms with Crippen LogP contribution in [0.4, 0.5) is 0 Å². The smallest absolute Gasteiger partial charge is 0.234 e. The Bertz CT molecular complexity index is 590. The van der Waals surface area contributed by atoms with Crippen molar-refractivity contribution >= 4 is 23.6 Å². The topological polar surface area (TPSA) is 63.2 Å². The highest BCUT2D eigenvalue weighted by Crippen LogP contribution is 2.34. The number of amides is 1. The SMILES string of the molecule is CN=C(NCC1(N2CCSCC2)CCCCC1)N1CCN(CC(=O)NC2CC2)CC1. The van der Waals surface area contributed by atoms with E-state index in [1.165, 1.54) is 56.7 Å². The molecular weight excluding hydrogens is 396 g/mol. The summed E-state index contributed by atoms with van der Waals surface area (Å²) in [4.78, 5) is 24.1. The van der Waals surface area contributed by atoms with Gasteiger partial charge in [-0.15, -0.1) is 0 Å². The first kappa shape index (κ1) is 22.2. The lowest BCUT2D eigenvalue weighted by atomic mass is 9.80. The fourth-order valence-corrected chi connectivity index (χ4v) is 6.15. The van der Waals surface area contributed by atoms with Gasteiger partial charge in [0.2, 0.25) is 5.91 Å². The van der Waals surface area contributed by atoms with Crippen LogP contribution in [0.5, 0.6) is 0 Å². The average molecular weight is 437 g/mol. The van der Waals surface area contributed by atoms with Crippen molar-refractivity contribution in [3.63, 3.8) is 0 Å². The Hall–Kier alpha value is -0.990. The molecule has 2 aliphatic heterocycles. The molecule has 2 heterocycles. The maximum atomic E-state index is 12.1. The zero-order chi connectivity index (χ0) is 20.8. The number of nitrogens with one attached hydrogen (secondary N) is 2. The molecule has 170 valence electrons. The lowest BCUT2D eigenvalue weighted by Crippen LogP contribution is -2.61. The summed E-state index contributed by atoms with van der Waals surface area (Å²) in [5.74, 6) is 3.76. The molecule has 2 saturated carbocycles. The van der Waals surface area contributed by atoms with Crippen molar-refractivity contribution in [2.45, 2.75) is 56.5 Å². The van der Waals surface area contributed by atoms with E-state index in [1.54, 1.807) is 0 Å². The largest absolute Gasteiger partial charge is 0.354 e. The number of thioether (sulfide) groups is 1. The van der Waals surface area contributed by atoms with Gasteiger partial charge >= 0.3 is 0 Å². The second kappa shape index (κ2) is 10.6. The predicted molar refractivity (Wildman–Crippen MR) is 125 cm³/mol. The minimum Gasteiger partial charge on any atom is -0.354 e. The number of hydrogen-bond acceptors (Lipinski definition) is 5. The van der Waals surface area contributed by atoms with Gasteiger partial charge < -0.3 is 15.5 Å². The number of hydrogen-bond donors (Lipinski definition) is 2. The molecule has 0 atom stereocenters. The molecule has 4 rings (SSSR count). The zero-order valence-corrected chi connectivity index (χ0v) is 19.5. The number of carbonyl (C=O) groups excluding carboxylic acids is 1. The zero-order valence-electron chi connectivity index (χ0n) is 18.7. The van der Waals surface area contributed by atoms with Crippen LogP contribution in [0.25, 0.3) is 0 Å². The number of carbonyl (C=O) groups is 1. The first-order chi connectivity index (χ1) is 14.7. The second-order valence-corrected chi connectivity index (χ2v) is 10.6. The van der Waals surface area contributed by atoms with Gasteiger partial charge in [0.05, 0.1) is 6.54 Å². The molecule has 30 heavy (non-hydrogen) atoms. The molecule has 7 nitrogen and oxygen atoms in total. The van der Waals surface area contributed by atoms with Crippen molar-refractivity contribution in [1.29, 1.82) is 0 Å². The lowest BCUT2D eigenvalue weighted by molar-refractivity contribution is -0.122. The summed E-state index contributed by atoms with van der Waals surface area (Å²) in [6.45, 7) is 7.72. The lowest BCUT2D eigenvalue weighted by Gasteiger charge is -2.49. The van der Waals surface area contributed by atoms with Gasteiger partial charge in [0.1, 0.15) is 0 Å². The summed E-state index contributed by atoms with van der Waals surface area (Å²) < 4.78 is 0. The molecule has 0 spiro atoms. The number of piperazine rings is 1. The quantitative estimate of drug-likeness (QED) is 0.482. The average Bonchev–Trinajstić information content (AvgIpc) is 3.60. The molecule has 2 aliphatic carbocycles. The summed E-state index contributed by atoms with van der Waals surface area (Å²) in [5.41, 5.74) is 0.303. The summed E-state index contributed by atoms with van der Waals surface area (Å²) in [7, 11) is 1.91. The van der Waals surface area contributed by atoms with Crippen LogP contribution in [0, 0.1) is 0 Å². The number of rotatable bonds is 6. The van der Waals surface area contributed by atoms with Gasteiger partial charge in [-0.3, -0.25) is 19.6 Å². The summed E-state index contributed by atoms with van der Waals surface area (Å²) in [6.07, 6.45) is 9.02. The van der Waals surface area contributed by atoms with Crippen LogP contribution in [-0.2, 0) is 4.79 Å². The van der Waals surface area contributed by atoms with Crippen LogP contribution >= 0.6 is 11.8 Å². The summed E-state index contributed by atoms with van der Waals surface area (Å²) >= 11 is 2.10. The van der Waals surface area contributed by atoms with E-state index in [2.05, 4.69) is 42.1 Å². The molecule has 0 bridgehead atoms. The predicted octanol–water partition coefficient (Wildman–Crippen LogP) is 1.21. The second-order valence-electron chi connectivity index (χ2n) is 9.39. The van der Waals surface area contributed by atoms with E-state index in [0.717, 1.165) is 51.5 Å². The molecule has 2 saturated heterocycles. The van der Waals surface area contributed by atoms with Crippen molar-refractivity contribution in [3.8, 4) is 0 Å². The molecule has 8 heteroatoms. The van der Waals surface area contributed by atoms with E-state index in [0.29, 0.717) is 18.1 Å². The van der Waals surface area contributed by atoms with E-state index in [-0.39, 0.29) is 5.91 Å². The third-order valence-corrected chi connectivity index (χ3v) is 8.18. The Balaban J connectivity index is 1.27. The van der Waals surface area contributed by atoms with Crippen LogP contribution in [-0.4, -0.2) is 109 Å². The van der Waals surface area contributed by atoms with Gasteiger partial charge in [-0.05, 0) is 25.7 Å². The minimum atomic E-state index is 0.187. The van der Waals surface area contributed by atoms with Gasteiger partial charge in [0.15, 0.2) is 5.96 Å². The molecule has 4 aliphatic rings. The standard InChI is InChI=1S/C22H40N6OS/c1-23-21(27-11-9-26(10-12-27)17-20(29)25-19-5-6-19)24-18-22(7-3-2-4-8-22)28-13-15-30-16-14-28/h19H,2-18H2,1H3,(H,23,24)(H,25,29). The van der Waals surface area contributed by atoms with E-state index in [4.69, 9.17) is 0 Å². The number of nitrogens with zero attached hydrogens (tertiary/aromatic N) is 4. The van der Waals surface area contributed by atoms with Crippen LogP contribution < -0.4 is 10.6 Å². The van der Waals surface area contributed by atoms with Crippen molar-refractivity contribution in [1.82, 2.24) is 25.3 Å². The molecule has 2 N–H and O–H groups in total. The van der Waals surface area contributed by atoms with Crippen molar-refractivity contribution in [3.05, 3.63) is 0 Å². The maximum Gasteiger partial charge on any atom is 0.234 e. The van der Waals surface area contributed by atoms with Gasteiger partial charge in [0, 0.05) is 75.9 Å². The molecule has 1 amide bonds. The van der Waals surface area contributed by atoms with Gasteiger partial charge in [-0.2, -0.15) is 11.8 Å². The molecular formula is C22H40N6OS. The highest BCUT2D eigenvalue weighted by Gasteiger charge is 2.39. The fourth-order valence-electron chi connectivity index (χ4n) is 5.25. The molecule has 0 aromatic heterocycles. The van der Waals surface area contributed by atoms with Crippen LogP contribution in [0.3, 0.4) is 0 Å². The van der Waals surface area contributed by atoms with Crippen LogP contribution in [0.2, 0.25) is 0 Å². The molecule has 0 aromatic rings. The Morgan fingerprint density at radius 1 is 1.03 bits per heavy atom. The fraction of sp³-hybridized carbons (Fsp3) is 0.909. The molecule has 0 unspecified atom stereocenters. The number of aliphatic imine (C=N–C) groups is 1. The Kier molecular flexibility index (Phi) is 7.81. The highest BCUT2D eigenvalue weighted by atomic mass is 32.2. The van der Waals surface area contributed by atoms with E-state index in [1.807, 2.05) is 7.05 Å². The summed E-state index contributed by atoms with van der Waals surface area (Å²) in [5, 5.41) is 6.87. The van der Waals surface area contributed by atoms with E-state index in [9.17, 15) is 4.79 Å². The Morgan fingerprint density at radius 3 is 2.37 bits per heavy atom. The Morgan fingerprint density at radius 2 is 1.73 bits per heavy atom. The van der Waals surface area contributed by atoms with E-state index < -0.39 is 0 Å². The minimum absolute atomic E-state index is 0.187.